The average molecular weight is 370 g/mol. The van der Waals surface area contributed by atoms with Crippen LogP contribution in [0.3, 0.4) is 0 Å². The van der Waals surface area contributed by atoms with E-state index in [0.717, 1.165) is 31.4 Å². The van der Waals surface area contributed by atoms with Crippen molar-refractivity contribution in [2.24, 2.45) is 0 Å². The summed E-state index contributed by atoms with van der Waals surface area (Å²) < 4.78 is 1.79. The molecule has 2 heterocycles. The second-order valence-corrected chi connectivity index (χ2v) is 8.37. The molecule has 0 radical (unpaired) electrons. The first-order valence-corrected chi connectivity index (χ1v) is 9.86. The van der Waals surface area contributed by atoms with E-state index < -0.39 is 0 Å². The average Bonchev–Trinajstić information content (AvgIpc) is 2.87. The Morgan fingerprint density at radius 3 is 2.56 bits per heavy atom. The molecule has 128 valence electrons. The highest BCUT2D eigenvalue weighted by atomic mass is 32.2. The van der Waals surface area contributed by atoms with Crippen LogP contribution in [-0.4, -0.2) is 9.55 Å². The minimum Gasteiger partial charge on any atom is -0.284 e. The van der Waals surface area contributed by atoms with Gasteiger partial charge in [-0.25, -0.2) is 4.98 Å². The van der Waals surface area contributed by atoms with E-state index in [9.17, 15) is 4.79 Å². The minimum absolute atomic E-state index is 0.0455. The molecule has 0 saturated heterocycles. The lowest BCUT2D eigenvalue weighted by atomic mass is 10.2. The fourth-order valence-corrected chi connectivity index (χ4v) is 4.82. The van der Waals surface area contributed by atoms with E-state index in [1.807, 2.05) is 52.0 Å². The van der Waals surface area contributed by atoms with Crippen molar-refractivity contribution in [2.45, 2.75) is 44.6 Å². The summed E-state index contributed by atoms with van der Waals surface area (Å²) in [5.74, 6) is 0.708. The van der Waals surface area contributed by atoms with Crippen LogP contribution in [0.2, 0.25) is 0 Å². The van der Waals surface area contributed by atoms with Crippen LogP contribution in [0.25, 0.3) is 10.2 Å². The molecule has 0 amide bonds. The molecule has 0 aliphatic heterocycles. The van der Waals surface area contributed by atoms with Gasteiger partial charge in [0.2, 0.25) is 0 Å². The zero-order valence-corrected chi connectivity index (χ0v) is 16.3. The summed E-state index contributed by atoms with van der Waals surface area (Å²) >= 11 is 3.14. The van der Waals surface area contributed by atoms with Gasteiger partial charge >= 0.3 is 0 Å². The van der Waals surface area contributed by atoms with E-state index in [1.165, 1.54) is 0 Å². The number of aryl methyl sites for hydroxylation is 2. The lowest BCUT2D eigenvalue weighted by Crippen LogP contribution is -2.24. The third kappa shape index (κ3) is 3.35. The second kappa shape index (κ2) is 7.03. The van der Waals surface area contributed by atoms with Crippen LogP contribution in [0.4, 0.5) is 0 Å². The van der Waals surface area contributed by atoms with E-state index >= 15 is 0 Å². The molecule has 0 aliphatic rings. The minimum atomic E-state index is 0.0455. The van der Waals surface area contributed by atoms with Gasteiger partial charge in [-0.3, -0.25) is 9.36 Å². The summed E-state index contributed by atoms with van der Waals surface area (Å²) in [7, 11) is 0. The van der Waals surface area contributed by atoms with E-state index in [1.54, 1.807) is 27.7 Å². The number of nitrogens with zero attached hydrogens (tertiary/aromatic N) is 3. The van der Waals surface area contributed by atoms with E-state index in [-0.39, 0.29) is 11.6 Å². The van der Waals surface area contributed by atoms with Gasteiger partial charge in [-0.2, -0.15) is 5.26 Å². The second-order valence-electron chi connectivity index (χ2n) is 6.22. The molecule has 6 heteroatoms. The van der Waals surface area contributed by atoms with Crippen molar-refractivity contribution >= 4 is 33.3 Å². The zero-order valence-electron chi connectivity index (χ0n) is 14.7. The van der Waals surface area contributed by atoms with Crippen molar-refractivity contribution in [1.82, 2.24) is 9.55 Å². The zero-order chi connectivity index (χ0) is 18.1. The number of hydrogen-bond acceptors (Lipinski definition) is 5. The largest absolute Gasteiger partial charge is 0.284 e. The lowest BCUT2D eigenvalue weighted by molar-refractivity contribution is 0.519. The van der Waals surface area contributed by atoms with Gasteiger partial charge in [0.25, 0.3) is 5.56 Å². The molecule has 25 heavy (non-hydrogen) atoms. The van der Waals surface area contributed by atoms with Crippen LogP contribution in [0.1, 0.15) is 41.5 Å². The Kier molecular flexibility index (Phi) is 4.98. The number of rotatable bonds is 4. The van der Waals surface area contributed by atoms with Gasteiger partial charge in [-0.15, -0.1) is 11.3 Å². The molecule has 0 aliphatic carbocycles. The number of nitriles is 1. The highest BCUT2D eigenvalue weighted by Crippen LogP contribution is 2.30. The highest BCUT2D eigenvalue weighted by Gasteiger charge is 2.18. The van der Waals surface area contributed by atoms with Crippen LogP contribution in [0.5, 0.6) is 0 Å². The smallest absolute Gasteiger partial charge is 0.263 e. The topological polar surface area (TPSA) is 58.7 Å². The Balaban J connectivity index is 2.01. The van der Waals surface area contributed by atoms with Crippen molar-refractivity contribution in [3.63, 3.8) is 0 Å². The molecule has 2 aromatic heterocycles. The normalized spacial score (nSPS) is 11.2. The predicted octanol–water partition coefficient (Wildman–Crippen LogP) is 4.82. The summed E-state index contributed by atoms with van der Waals surface area (Å²) in [6, 6.07) is 9.69. The predicted molar refractivity (Wildman–Crippen MR) is 104 cm³/mol. The van der Waals surface area contributed by atoms with Crippen molar-refractivity contribution in [2.75, 3.05) is 0 Å². The summed E-state index contributed by atoms with van der Waals surface area (Å²) in [6.07, 6.45) is 0. The Morgan fingerprint density at radius 1 is 1.28 bits per heavy atom. The number of aromatic nitrogens is 2. The standard InChI is InChI=1S/C19H19N3OS2/c1-11(2)22-18(23)16-12(3)13(4)25-17(16)21-19(22)24-10-15-7-5-14(9-20)6-8-15/h5-8,11H,10H2,1-4H3. The maximum absolute atomic E-state index is 13.0. The van der Waals surface area contributed by atoms with Crippen LogP contribution >= 0.6 is 23.1 Å². The third-order valence-electron chi connectivity index (χ3n) is 4.17. The van der Waals surface area contributed by atoms with Crippen molar-refractivity contribution in [3.05, 3.63) is 56.2 Å². The SMILES string of the molecule is Cc1sc2nc(SCc3ccc(C#N)cc3)n(C(C)C)c(=O)c2c1C. The molecular weight excluding hydrogens is 350 g/mol. The Bertz CT molecular complexity index is 1020. The van der Waals surface area contributed by atoms with Crippen molar-refractivity contribution < 1.29 is 0 Å². The first kappa shape index (κ1) is 17.7. The third-order valence-corrected chi connectivity index (χ3v) is 6.30. The summed E-state index contributed by atoms with van der Waals surface area (Å²) in [5.41, 5.74) is 2.84. The number of fused-ring (bicyclic) bond motifs is 1. The number of benzene rings is 1. The fourth-order valence-electron chi connectivity index (χ4n) is 2.67. The van der Waals surface area contributed by atoms with Gasteiger partial charge in [-0.05, 0) is 51.0 Å². The maximum atomic E-state index is 13.0. The number of thioether (sulfide) groups is 1. The Hall–Kier alpha value is -2.10. The van der Waals surface area contributed by atoms with Crippen LogP contribution in [0.15, 0.2) is 34.2 Å². The Labute approximate surface area is 155 Å². The first-order valence-electron chi connectivity index (χ1n) is 8.06. The van der Waals surface area contributed by atoms with E-state index in [4.69, 9.17) is 10.2 Å². The van der Waals surface area contributed by atoms with Gasteiger partial charge in [0.05, 0.1) is 17.0 Å². The molecule has 4 nitrogen and oxygen atoms in total. The van der Waals surface area contributed by atoms with Gasteiger partial charge in [-0.1, -0.05) is 23.9 Å². The van der Waals surface area contributed by atoms with Crippen molar-refractivity contribution in [1.29, 1.82) is 5.26 Å². The molecule has 0 saturated carbocycles. The van der Waals surface area contributed by atoms with Crippen molar-refractivity contribution in [3.8, 4) is 6.07 Å². The van der Waals surface area contributed by atoms with E-state index in [2.05, 4.69) is 6.07 Å². The number of thiophene rings is 1. The molecule has 0 N–H and O–H groups in total. The highest BCUT2D eigenvalue weighted by molar-refractivity contribution is 7.98. The Morgan fingerprint density at radius 2 is 1.96 bits per heavy atom. The molecule has 3 rings (SSSR count). The molecule has 0 fully saturated rings. The monoisotopic (exact) mass is 369 g/mol. The molecule has 1 aromatic carbocycles. The first-order chi connectivity index (χ1) is 11.9. The van der Waals surface area contributed by atoms with Gasteiger partial charge in [0.1, 0.15) is 4.83 Å². The van der Waals surface area contributed by atoms with E-state index in [0.29, 0.717) is 11.3 Å². The summed E-state index contributed by atoms with van der Waals surface area (Å²) in [6.45, 7) is 8.04. The number of hydrogen-bond donors (Lipinski definition) is 0. The lowest BCUT2D eigenvalue weighted by Gasteiger charge is -2.15. The molecule has 0 unspecified atom stereocenters. The van der Waals surface area contributed by atoms with Gasteiger partial charge < -0.3 is 0 Å². The summed E-state index contributed by atoms with van der Waals surface area (Å²) in [5, 5.41) is 10.4. The van der Waals surface area contributed by atoms with Gasteiger partial charge in [0, 0.05) is 16.7 Å². The molecule has 0 bridgehead atoms. The van der Waals surface area contributed by atoms with Crippen LogP contribution in [0, 0.1) is 25.2 Å². The van der Waals surface area contributed by atoms with Gasteiger partial charge in [0.15, 0.2) is 5.16 Å². The molecule has 0 spiro atoms. The molecule has 0 atom stereocenters. The maximum Gasteiger partial charge on any atom is 0.263 e. The summed E-state index contributed by atoms with van der Waals surface area (Å²) in [4.78, 5) is 19.7. The van der Waals surface area contributed by atoms with Crippen LogP contribution < -0.4 is 5.56 Å². The van der Waals surface area contributed by atoms with Crippen LogP contribution in [-0.2, 0) is 5.75 Å². The quantitative estimate of drug-likeness (QED) is 0.489. The fraction of sp³-hybridized carbons (Fsp3) is 0.316. The molecule has 3 aromatic rings. The molecular formula is C19H19N3OS2.